The molecule has 0 saturated carbocycles. The SMILES string of the molecule is Nc1cccc(NC(=O)C(CNC(=O)O)c2ccc(Cl)c(Cl)c2)c1. The number of amides is 2. The van der Waals surface area contributed by atoms with Gasteiger partial charge in [0.2, 0.25) is 5.91 Å². The lowest BCUT2D eigenvalue weighted by Crippen LogP contribution is -2.33. The Hall–Kier alpha value is -2.44. The minimum atomic E-state index is -1.23. The standard InChI is InChI=1S/C16H15Cl2N3O3/c17-13-5-4-9(6-14(13)18)12(8-20-16(23)24)15(22)21-11-3-1-2-10(19)7-11/h1-7,12,20H,8,19H2,(H,21,22)(H,23,24). The zero-order chi connectivity index (χ0) is 17.7. The summed E-state index contributed by atoms with van der Waals surface area (Å²) in [4.78, 5) is 23.3. The van der Waals surface area contributed by atoms with Crippen molar-refractivity contribution in [3.8, 4) is 0 Å². The van der Waals surface area contributed by atoms with Crippen LogP contribution >= 0.6 is 23.2 Å². The van der Waals surface area contributed by atoms with E-state index in [0.29, 0.717) is 22.0 Å². The Bertz CT molecular complexity index is 768. The highest BCUT2D eigenvalue weighted by molar-refractivity contribution is 6.42. The normalized spacial score (nSPS) is 11.6. The van der Waals surface area contributed by atoms with E-state index in [-0.39, 0.29) is 11.6 Å². The summed E-state index contributed by atoms with van der Waals surface area (Å²) in [6.45, 7) is -0.110. The summed E-state index contributed by atoms with van der Waals surface area (Å²) in [5.74, 6) is -1.18. The van der Waals surface area contributed by atoms with Crippen LogP contribution in [-0.4, -0.2) is 23.7 Å². The van der Waals surface area contributed by atoms with Crippen molar-refractivity contribution in [2.75, 3.05) is 17.6 Å². The maximum absolute atomic E-state index is 12.6. The van der Waals surface area contributed by atoms with Gasteiger partial charge in [-0.15, -0.1) is 0 Å². The molecule has 24 heavy (non-hydrogen) atoms. The molecule has 0 radical (unpaired) electrons. The van der Waals surface area contributed by atoms with Crippen LogP contribution < -0.4 is 16.4 Å². The maximum atomic E-state index is 12.6. The average molecular weight is 368 g/mol. The number of nitrogens with one attached hydrogen (secondary N) is 2. The fourth-order valence-corrected chi connectivity index (χ4v) is 2.43. The van der Waals surface area contributed by atoms with Crippen molar-refractivity contribution in [2.24, 2.45) is 0 Å². The maximum Gasteiger partial charge on any atom is 0.404 e. The number of nitrogens with two attached hydrogens (primary N) is 1. The number of carbonyl (C=O) groups is 2. The quantitative estimate of drug-likeness (QED) is 0.606. The van der Waals surface area contributed by atoms with Gasteiger partial charge in [0.15, 0.2) is 0 Å². The molecule has 2 amide bonds. The molecule has 0 heterocycles. The molecule has 5 N–H and O–H groups in total. The van der Waals surface area contributed by atoms with Crippen LogP contribution in [0.3, 0.4) is 0 Å². The number of hydrogen-bond donors (Lipinski definition) is 4. The summed E-state index contributed by atoms with van der Waals surface area (Å²) >= 11 is 11.9. The van der Waals surface area contributed by atoms with Crippen molar-refractivity contribution in [2.45, 2.75) is 5.92 Å². The Morgan fingerprint density at radius 3 is 2.50 bits per heavy atom. The van der Waals surface area contributed by atoms with Gasteiger partial charge in [0, 0.05) is 17.9 Å². The number of halogens is 2. The van der Waals surface area contributed by atoms with Crippen LogP contribution in [0.2, 0.25) is 10.0 Å². The molecule has 6 nitrogen and oxygen atoms in total. The van der Waals surface area contributed by atoms with E-state index >= 15 is 0 Å². The first-order chi connectivity index (χ1) is 11.4. The number of carbonyl (C=O) groups excluding carboxylic acids is 1. The average Bonchev–Trinajstić information content (AvgIpc) is 2.50. The van der Waals surface area contributed by atoms with E-state index in [1.807, 2.05) is 0 Å². The third-order valence-corrected chi connectivity index (χ3v) is 4.01. The summed E-state index contributed by atoms with van der Waals surface area (Å²) in [5.41, 5.74) is 7.24. The van der Waals surface area contributed by atoms with Gasteiger partial charge in [-0.05, 0) is 35.9 Å². The molecule has 0 saturated heterocycles. The molecule has 0 aromatic heterocycles. The van der Waals surface area contributed by atoms with E-state index in [1.54, 1.807) is 36.4 Å². The minimum absolute atomic E-state index is 0.110. The Kier molecular flexibility index (Phi) is 5.89. The molecular formula is C16H15Cl2N3O3. The lowest BCUT2D eigenvalue weighted by molar-refractivity contribution is -0.117. The molecule has 0 aliphatic rings. The van der Waals surface area contributed by atoms with Gasteiger partial charge in [0.25, 0.3) is 0 Å². The molecule has 0 aliphatic carbocycles. The molecule has 2 rings (SSSR count). The predicted octanol–water partition coefficient (Wildman–Crippen LogP) is 3.57. The molecule has 0 spiro atoms. The van der Waals surface area contributed by atoms with Crippen molar-refractivity contribution in [3.63, 3.8) is 0 Å². The van der Waals surface area contributed by atoms with Crippen molar-refractivity contribution in [1.29, 1.82) is 0 Å². The van der Waals surface area contributed by atoms with E-state index in [0.717, 1.165) is 0 Å². The Balaban J connectivity index is 2.25. The third kappa shape index (κ3) is 4.78. The molecule has 1 unspecified atom stereocenters. The van der Waals surface area contributed by atoms with E-state index in [9.17, 15) is 9.59 Å². The summed E-state index contributed by atoms with van der Waals surface area (Å²) in [6, 6.07) is 11.4. The van der Waals surface area contributed by atoms with Gasteiger partial charge in [0.05, 0.1) is 16.0 Å². The number of benzene rings is 2. The largest absolute Gasteiger partial charge is 0.465 e. The zero-order valence-electron chi connectivity index (χ0n) is 12.4. The van der Waals surface area contributed by atoms with Gasteiger partial charge in [0.1, 0.15) is 0 Å². The molecule has 2 aromatic rings. The smallest absolute Gasteiger partial charge is 0.404 e. The second-order valence-electron chi connectivity index (χ2n) is 5.03. The Labute approximate surface area is 148 Å². The first-order valence-corrected chi connectivity index (χ1v) is 7.70. The van der Waals surface area contributed by atoms with Crippen molar-refractivity contribution < 1.29 is 14.7 Å². The first-order valence-electron chi connectivity index (χ1n) is 6.95. The van der Waals surface area contributed by atoms with E-state index in [4.69, 9.17) is 34.0 Å². The van der Waals surface area contributed by atoms with Crippen LogP contribution in [0.25, 0.3) is 0 Å². The topological polar surface area (TPSA) is 104 Å². The van der Waals surface area contributed by atoms with Crippen LogP contribution in [0.1, 0.15) is 11.5 Å². The van der Waals surface area contributed by atoms with Gasteiger partial charge in [-0.1, -0.05) is 35.3 Å². The van der Waals surface area contributed by atoms with Crippen molar-refractivity contribution >= 4 is 46.6 Å². The monoisotopic (exact) mass is 367 g/mol. The molecule has 0 bridgehead atoms. The van der Waals surface area contributed by atoms with Gasteiger partial charge < -0.3 is 21.5 Å². The van der Waals surface area contributed by atoms with Crippen LogP contribution in [0, 0.1) is 0 Å². The summed E-state index contributed by atoms with van der Waals surface area (Å²) < 4.78 is 0. The summed E-state index contributed by atoms with van der Waals surface area (Å²) in [7, 11) is 0. The zero-order valence-corrected chi connectivity index (χ0v) is 13.9. The number of nitrogen functional groups attached to an aromatic ring is 1. The van der Waals surface area contributed by atoms with Crippen molar-refractivity contribution in [1.82, 2.24) is 5.32 Å². The summed E-state index contributed by atoms with van der Waals surface area (Å²) in [5, 5.41) is 14.4. The minimum Gasteiger partial charge on any atom is -0.465 e. The highest BCUT2D eigenvalue weighted by Gasteiger charge is 2.22. The Morgan fingerprint density at radius 1 is 1.12 bits per heavy atom. The molecule has 2 aromatic carbocycles. The second kappa shape index (κ2) is 7.90. The first kappa shape index (κ1) is 17.9. The third-order valence-electron chi connectivity index (χ3n) is 3.27. The van der Waals surface area contributed by atoms with Crippen LogP contribution in [0.15, 0.2) is 42.5 Å². The van der Waals surface area contributed by atoms with Gasteiger partial charge in [-0.25, -0.2) is 4.79 Å². The Morgan fingerprint density at radius 2 is 1.88 bits per heavy atom. The van der Waals surface area contributed by atoms with Gasteiger partial charge in [-0.2, -0.15) is 0 Å². The number of hydrogen-bond acceptors (Lipinski definition) is 3. The van der Waals surface area contributed by atoms with E-state index < -0.39 is 17.9 Å². The van der Waals surface area contributed by atoms with Gasteiger partial charge in [-0.3, -0.25) is 4.79 Å². The number of rotatable bonds is 5. The molecule has 8 heteroatoms. The highest BCUT2D eigenvalue weighted by atomic mass is 35.5. The van der Waals surface area contributed by atoms with Crippen molar-refractivity contribution in [3.05, 3.63) is 58.1 Å². The van der Waals surface area contributed by atoms with Crippen LogP contribution in [0.4, 0.5) is 16.2 Å². The van der Waals surface area contributed by atoms with Gasteiger partial charge >= 0.3 is 6.09 Å². The number of anilines is 2. The molecule has 1 atom stereocenters. The summed E-state index contributed by atoms with van der Waals surface area (Å²) in [6.07, 6.45) is -1.23. The fraction of sp³-hybridized carbons (Fsp3) is 0.125. The lowest BCUT2D eigenvalue weighted by atomic mass is 9.98. The van der Waals surface area contributed by atoms with Crippen LogP contribution in [-0.2, 0) is 4.79 Å². The van der Waals surface area contributed by atoms with E-state index in [1.165, 1.54) is 6.07 Å². The highest BCUT2D eigenvalue weighted by Crippen LogP contribution is 2.27. The molecular weight excluding hydrogens is 353 g/mol. The fourth-order valence-electron chi connectivity index (χ4n) is 2.13. The number of carboxylic acid groups (broad SMARTS) is 1. The van der Waals surface area contributed by atoms with Crippen LogP contribution in [0.5, 0.6) is 0 Å². The predicted molar refractivity (Wildman–Crippen MR) is 94.7 cm³/mol. The second-order valence-corrected chi connectivity index (χ2v) is 5.84. The molecule has 0 fully saturated rings. The lowest BCUT2D eigenvalue weighted by Gasteiger charge is -2.18. The van der Waals surface area contributed by atoms with E-state index in [2.05, 4.69) is 10.6 Å². The molecule has 126 valence electrons. The molecule has 0 aliphatic heterocycles.